The van der Waals surface area contributed by atoms with Crippen LogP contribution in [0.15, 0.2) is 23.8 Å². The third kappa shape index (κ3) is 2.21. The van der Waals surface area contributed by atoms with Gasteiger partial charge in [0.25, 0.3) is 0 Å². The number of nitrogens with two attached hydrogens (primary N) is 1. The molecule has 0 aromatic heterocycles. The first-order valence-electron chi connectivity index (χ1n) is 6.12. The average molecular weight is 264 g/mol. The van der Waals surface area contributed by atoms with Crippen molar-refractivity contribution in [2.24, 2.45) is 5.73 Å². The summed E-state index contributed by atoms with van der Waals surface area (Å²) in [7, 11) is 5.19. The molecule has 0 saturated carbocycles. The van der Waals surface area contributed by atoms with E-state index in [2.05, 4.69) is 10.6 Å². The molecule has 0 aliphatic carbocycles. The zero-order valence-electron chi connectivity index (χ0n) is 11.7. The van der Waals surface area contributed by atoms with Crippen molar-refractivity contribution >= 4 is 11.4 Å². The second-order valence-electron chi connectivity index (χ2n) is 4.20. The summed E-state index contributed by atoms with van der Waals surface area (Å²) in [6.45, 7) is 2.82. The van der Waals surface area contributed by atoms with E-state index in [0.29, 0.717) is 17.3 Å². The largest absolute Gasteiger partial charge is 0.493 e. The molecule has 1 heterocycles. The number of rotatable bonds is 4. The highest BCUT2D eigenvalue weighted by atomic mass is 16.5. The van der Waals surface area contributed by atoms with Gasteiger partial charge in [-0.15, -0.1) is 0 Å². The van der Waals surface area contributed by atoms with Crippen molar-refractivity contribution in [3.8, 4) is 11.5 Å². The van der Waals surface area contributed by atoms with Crippen LogP contribution in [0, 0.1) is 0 Å². The number of benzene rings is 1. The van der Waals surface area contributed by atoms with Gasteiger partial charge in [-0.2, -0.15) is 0 Å². The molecule has 4 N–H and O–H groups in total. The van der Waals surface area contributed by atoms with Crippen LogP contribution in [0.5, 0.6) is 11.5 Å². The maximum absolute atomic E-state index is 6.02. The topological polar surface area (TPSA) is 71.8 Å². The Morgan fingerprint density at radius 3 is 2.47 bits per heavy atom. The molecule has 0 spiro atoms. The van der Waals surface area contributed by atoms with Gasteiger partial charge in [-0.1, -0.05) is 0 Å². The lowest BCUT2D eigenvalue weighted by molar-refractivity contribution is 0.355. The lowest BCUT2D eigenvalue weighted by Gasteiger charge is -2.32. The van der Waals surface area contributed by atoms with Crippen LogP contribution >= 0.6 is 0 Å². The van der Waals surface area contributed by atoms with Gasteiger partial charge in [0.15, 0.2) is 11.5 Å². The lowest BCUT2D eigenvalue weighted by Crippen LogP contribution is -2.37. The second-order valence-corrected chi connectivity index (χ2v) is 4.20. The van der Waals surface area contributed by atoms with E-state index in [1.807, 2.05) is 31.0 Å². The van der Waals surface area contributed by atoms with Gasteiger partial charge in [-0.05, 0) is 6.92 Å². The lowest BCUT2D eigenvalue weighted by atomic mass is 10.2. The van der Waals surface area contributed by atoms with Crippen LogP contribution in [0.1, 0.15) is 6.92 Å². The van der Waals surface area contributed by atoms with Crippen LogP contribution in [0.4, 0.5) is 11.4 Å². The molecule has 104 valence electrons. The van der Waals surface area contributed by atoms with Crippen molar-refractivity contribution < 1.29 is 9.47 Å². The van der Waals surface area contributed by atoms with Crippen molar-refractivity contribution in [2.75, 3.05) is 38.0 Å². The quantitative estimate of drug-likeness (QED) is 0.760. The minimum Gasteiger partial charge on any atom is -0.493 e. The second kappa shape index (κ2) is 5.17. The SMILES string of the molecule is CCNC1=C(N)Nc2cc(OC)c(OC)cc2N1C. The molecule has 0 saturated heterocycles. The number of hydrogen-bond donors (Lipinski definition) is 3. The van der Waals surface area contributed by atoms with E-state index in [1.165, 1.54) is 0 Å². The van der Waals surface area contributed by atoms with Crippen LogP contribution in [0.3, 0.4) is 0 Å². The summed E-state index contributed by atoms with van der Waals surface area (Å²) in [5.74, 6) is 2.79. The fourth-order valence-corrected chi connectivity index (χ4v) is 2.13. The zero-order chi connectivity index (χ0) is 14.0. The number of nitrogens with zero attached hydrogens (tertiary/aromatic N) is 1. The highest BCUT2D eigenvalue weighted by molar-refractivity contribution is 5.80. The van der Waals surface area contributed by atoms with E-state index in [0.717, 1.165) is 23.7 Å². The van der Waals surface area contributed by atoms with E-state index >= 15 is 0 Å². The average Bonchev–Trinajstić information content (AvgIpc) is 2.42. The Labute approximate surface area is 113 Å². The van der Waals surface area contributed by atoms with Crippen molar-refractivity contribution in [3.05, 3.63) is 23.8 Å². The minimum absolute atomic E-state index is 0.587. The normalized spacial score (nSPS) is 13.8. The van der Waals surface area contributed by atoms with Gasteiger partial charge >= 0.3 is 0 Å². The third-order valence-corrected chi connectivity index (χ3v) is 3.07. The number of hydrogen-bond acceptors (Lipinski definition) is 6. The van der Waals surface area contributed by atoms with Crippen LogP contribution < -0.4 is 30.7 Å². The van der Waals surface area contributed by atoms with Gasteiger partial charge in [0, 0.05) is 25.7 Å². The predicted molar refractivity (Wildman–Crippen MR) is 76.5 cm³/mol. The van der Waals surface area contributed by atoms with Gasteiger partial charge in [-0.25, -0.2) is 0 Å². The Morgan fingerprint density at radius 1 is 1.26 bits per heavy atom. The smallest absolute Gasteiger partial charge is 0.162 e. The van der Waals surface area contributed by atoms with Gasteiger partial charge < -0.3 is 30.7 Å². The summed E-state index contributed by atoms with van der Waals surface area (Å²) < 4.78 is 10.6. The van der Waals surface area contributed by atoms with E-state index in [1.54, 1.807) is 14.2 Å². The predicted octanol–water partition coefficient (Wildman–Crippen LogP) is 1.26. The van der Waals surface area contributed by atoms with Crippen molar-refractivity contribution in [1.82, 2.24) is 5.32 Å². The minimum atomic E-state index is 0.587. The number of nitrogens with one attached hydrogen (secondary N) is 2. The van der Waals surface area contributed by atoms with Crippen LogP contribution in [0.2, 0.25) is 0 Å². The number of methoxy groups -OCH3 is 2. The molecule has 19 heavy (non-hydrogen) atoms. The highest BCUT2D eigenvalue weighted by Gasteiger charge is 2.23. The highest BCUT2D eigenvalue weighted by Crippen LogP contribution is 2.41. The number of fused-ring (bicyclic) bond motifs is 1. The van der Waals surface area contributed by atoms with Crippen molar-refractivity contribution in [3.63, 3.8) is 0 Å². The molecule has 1 aliphatic heterocycles. The molecule has 0 fully saturated rings. The van der Waals surface area contributed by atoms with Gasteiger partial charge in [0.05, 0.1) is 25.6 Å². The summed E-state index contributed by atoms with van der Waals surface area (Å²) in [6, 6.07) is 3.80. The molecular weight excluding hydrogens is 244 g/mol. The molecule has 1 aromatic rings. The monoisotopic (exact) mass is 264 g/mol. The molecular formula is C13H20N4O2. The third-order valence-electron chi connectivity index (χ3n) is 3.07. The molecule has 6 nitrogen and oxygen atoms in total. The molecule has 0 unspecified atom stereocenters. The van der Waals surface area contributed by atoms with E-state index < -0.39 is 0 Å². The summed E-state index contributed by atoms with van der Waals surface area (Å²) in [5, 5.41) is 6.41. The van der Waals surface area contributed by atoms with E-state index in [9.17, 15) is 0 Å². The standard InChI is InChI=1S/C13H20N4O2/c1-5-15-13-12(14)16-8-6-10(18-3)11(19-4)7-9(8)17(13)2/h6-7,15-16H,5,14H2,1-4H3. The van der Waals surface area contributed by atoms with Gasteiger partial charge in [0.1, 0.15) is 11.6 Å². The molecule has 0 radical (unpaired) electrons. The Morgan fingerprint density at radius 2 is 1.89 bits per heavy atom. The molecule has 2 rings (SSSR count). The molecule has 0 bridgehead atoms. The first-order chi connectivity index (χ1) is 9.12. The molecule has 1 aromatic carbocycles. The maximum Gasteiger partial charge on any atom is 0.162 e. The summed E-state index contributed by atoms with van der Waals surface area (Å²) in [4.78, 5) is 1.99. The Balaban J connectivity index is 2.47. The number of ether oxygens (including phenoxy) is 2. The van der Waals surface area contributed by atoms with Crippen LogP contribution in [-0.4, -0.2) is 27.8 Å². The summed E-state index contributed by atoms with van der Waals surface area (Å²) >= 11 is 0. The first-order valence-corrected chi connectivity index (χ1v) is 6.12. The molecule has 6 heteroatoms. The zero-order valence-corrected chi connectivity index (χ0v) is 11.7. The molecule has 0 atom stereocenters. The van der Waals surface area contributed by atoms with E-state index in [4.69, 9.17) is 15.2 Å². The first kappa shape index (κ1) is 13.2. The Kier molecular flexibility index (Phi) is 3.59. The molecule has 1 aliphatic rings. The van der Waals surface area contributed by atoms with Crippen molar-refractivity contribution in [1.29, 1.82) is 0 Å². The Hall–Kier alpha value is -2.24. The van der Waals surface area contributed by atoms with Gasteiger partial charge in [-0.3, -0.25) is 0 Å². The van der Waals surface area contributed by atoms with Crippen LogP contribution in [0.25, 0.3) is 0 Å². The summed E-state index contributed by atoms with van der Waals surface area (Å²) in [5.41, 5.74) is 7.89. The van der Waals surface area contributed by atoms with E-state index in [-0.39, 0.29) is 0 Å². The maximum atomic E-state index is 6.02. The summed E-state index contributed by atoms with van der Waals surface area (Å²) in [6.07, 6.45) is 0. The van der Waals surface area contributed by atoms with Gasteiger partial charge in [0.2, 0.25) is 0 Å². The van der Waals surface area contributed by atoms with Crippen LogP contribution in [-0.2, 0) is 0 Å². The fraction of sp³-hybridized carbons (Fsp3) is 0.385. The number of anilines is 2. The fourth-order valence-electron chi connectivity index (χ4n) is 2.13. The van der Waals surface area contributed by atoms with Crippen molar-refractivity contribution in [2.45, 2.75) is 6.92 Å². The molecule has 0 amide bonds. The Bertz CT molecular complexity index is 514.